The first-order valence-corrected chi connectivity index (χ1v) is 8.35. The third kappa shape index (κ3) is 3.47. The third-order valence-electron chi connectivity index (χ3n) is 4.65. The van der Waals surface area contributed by atoms with Crippen LogP contribution in [0.3, 0.4) is 0 Å². The molecule has 1 fully saturated rings. The lowest BCUT2D eigenvalue weighted by Crippen LogP contribution is -2.34. The van der Waals surface area contributed by atoms with Crippen molar-refractivity contribution >= 4 is 17.4 Å². The molecule has 1 aliphatic rings. The summed E-state index contributed by atoms with van der Waals surface area (Å²) in [4.78, 5) is 25.3. The topological polar surface area (TPSA) is 75.5 Å². The summed E-state index contributed by atoms with van der Waals surface area (Å²) in [6.45, 7) is 4.46. The Balaban J connectivity index is 1.84. The molecular formula is C19H21N3O3. The molecule has 1 N–H and O–H groups in total. The Bertz CT molecular complexity index is 819. The molecule has 1 heterocycles. The van der Waals surface area contributed by atoms with Gasteiger partial charge in [-0.05, 0) is 49.4 Å². The molecule has 0 spiro atoms. The van der Waals surface area contributed by atoms with Gasteiger partial charge in [0.1, 0.15) is 5.69 Å². The highest BCUT2D eigenvalue weighted by Crippen LogP contribution is 2.34. The van der Waals surface area contributed by atoms with Gasteiger partial charge in [0.2, 0.25) is 0 Å². The van der Waals surface area contributed by atoms with Gasteiger partial charge in [0, 0.05) is 12.6 Å². The van der Waals surface area contributed by atoms with Crippen LogP contribution in [0.15, 0.2) is 42.5 Å². The number of aryl methyl sites for hydroxylation is 2. The monoisotopic (exact) mass is 339 g/mol. The lowest BCUT2D eigenvalue weighted by Gasteiger charge is -2.26. The van der Waals surface area contributed by atoms with Crippen molar-refractivity contribution in [1.82, 2.24) is 4.90 Å². The number of hydrogen-bond acceptors (Lipinski definition) is 3. The maximum atomic E-state index is 12.8. The zero-order valence-electron chi connectivity index (χ0n) is 14.4. The summed E-state index contributed by atoms with van der Waals surface area (Å²) in [6, 6.07) is 12.6. The minimum absolute atomic E-state index is 0.00528. The SMILES string of the molecule is Cc1ccc(NC(=O)N2CCC[C@@H]2c2ccccc2C)c([N+](=O)[O-])c1. The van der Waals surface area contributed by atoms with Crippen LogP contribution in [0.5, 0.6) is 0 Å². The average Bonchev–Trinajstić information content (AvgIpc) is 3.06. The number of amides is 2. The second-order valence-corrected chi connectivity index (χ2v) is 6.42. The lowest BCUT2D eigenvalue weighted by molar-refractivity contribution is -0.384. The van der Waals surface area contributed by atoms with Gasteiger partial charge in [0.05, 0.1) is 11.0 Å². The van der Waals surface area contributed by atoms with Crippen molar-refractivity contribution in [2.24, 2.45) is 0 Å². The first-order chi connectivity index (χ1) is 12.0. The van der Waals surface area contributed by atoms with E-state index in [4.69, 9.17) is 0 Å². The molecule has 3 rings (SSSR count). The number of nitro groups is 1. The van der Waals surface area contributed by atoms with Gasteiger partial charge in [0.25, 0.3) is 5.69 Å². The Morgan fingerprint density at radius 3 is 2.72 bits per heavy atom. The molecule has 0 saturated carbocycles. The summed E-state index contributed by atoms with van der Waals surface area (Å²) in [7, 11) is 0. The van der Waals surface area contributed by atoms with Gasteiger partial charge in [-0.2, -0.15) is 0 Å². The van der Waals surface area contributed by atoms with E-state index in [0.717, 1.165) is 29.5 Å². The molecule has 0 unspecified atom stereocenters. The number of likely N-dealkylation sites (tertiary alicyclic amines) is 1. The highest BCUT2D eigenvalue weighted by Gasteiger charge is 2.31. The van der Waals surface area contributed by atoms with Gasteiger partial charge >= 0.3 is 6.03 Å². The molecule has 0 aromatic heterocycles. The Kier molecular flexibility index (Phi) is 4.70. The number of benzene rings is 2. The van der Waals surface area contributed by atoms with E-state index in [1.165, 1.54) is 6.07 Å². The minimum Gasteiger partial charge on any atom is -0.317 e. The molecule has 25 heavy (non-hydrogen) atoms. The largest absolute Gasteiger partial charge is 0.322 e. The fourth-order valence-electron chi connectivity index (χ4n) is 3.38. The van der Waals surface area contributed by atoms with Crippen LogP contribution in [-0.4, -0.2) is 22.4 Å². The van der Waals surface area contributed by atoms with Crippen molar-refractivity contribution in [2.45, 2.75) is 32.7 Å². The number of carbonyl (C=O) groups is 1. The summed E-state index contributed by atoms with van der Waals surface area (Å²) in [5.74, 6) is 0. The van der Waals surface area contributed by atoms with Gasteiger partial charge in [-0.3, -0.25) is 10.1 Å². The quantitative estimate of drug-likeness (QED) is 0.657. The van der Waals surface area contributed by atoms with Crippen molar-refractivity contribution in [1.29, 1.82) is 0 Å². The molecule has 2 amide bonds. The second-order valence-electron chi connectivity index (χ2n) is 6.42. The Morgan fingerprint density at radius 2 is 2.00 bits per heavy atom. The Morgan fingerprint density at radius 1 is 1.24 bits per heavy atom. The van der Waals surface area contributed by atoms with E-state index in [9.17, 15) is 14.9 Å². The van der Waals surface area contributed by atoms with Gasteiger partial charge in [-0.15, -0.1) is 0 Å². The summed E-state index contributed by atoms with van der Waals surface area (Å²) < 4.78 is 0. The fraction of sp³-hybridized carbons (Fsp3) is 0.316. The van der Waals surface area contributed by atoms with E-state index in [-0.39, 0.29) is 23.4 Å². The molecule has 6 heteroatoms. The van der Waals surface area contributed by atoms with Crippen LogP contribution in [0.25, 0.3) is 0 Å². The first kappa shape index (κ1) is 17.0. The number of urea groups is 1. The van der Waals surface area contributed by atoms with E-state index < -0.39 is 4.92 Å². The van der Waals surface area contributed by atoms with Crippen LogP contribution in [-0.2, 0) is 0 Å². The molecule has 1 aliphatic heterocycles. The molecule has 0 bridgehead atoms. The highest BCUT2D eigenvalue weighted by atomic mass is 16.6. The zero-order valence-corrected chi connectivity index (χ0v) is 14.4. The molecule has 1 atom stereocenters. The van der Waals surface area contributed by atoms with Gasteiger partial charge in [0.15, 0.2) is 0 Å². The molecular weight excluding hydrogens is 318 g/mol. The lowest BCUT2D eigenvalue weighted by atomic mass is 9.99. The number of rotatable bonds is 3. The van der Waals surface area contributed by atoms with E-state index in [0.29, 0.717) is 6.54 Å². The van der Waals surface area contributed by atoms with Crippen molar-refractivity contribution in [3.63, 3.8) is 0 Å². The molecule has 130 valence electrons. The maximum absolute atomic E-state index is 12.8. The van der Waals surface area contributed by atoms with Crippen molar-refractivity contribution in [3.8, 4) is 0 Å². The van der Waals surface area contributed by atoms with Crippen LogP contribution in [0.4, 0.5) is 16.2 Å². The summed E-state index contributed by atoms with van der Waals surface area (Å²) in [5.41, 5.74) is 3.21. The van der Waals surface area contributed by atoms with E-state index in [2.05, 4.69) is 5.32 Å². The highest BCUT2D eigenvalue weighted by molar-refractivity contribution is 5.92. The predicted molar refractivity (Wildman–Crippen MR) is 96.7 cm³/mol. The zero-order chi connectivity index (χ0) is 18.0. The Labute approximate surface area is 146 Å². The maximum Gasteiger partial charge on any atom is 0.322 e. The van der Waals surface area contributed by atoms with Crippen molar-refractivity contribution < 1.29 is 9.72 Å². The van der Waals surface area contributed by atoms with Crippen LogP contribution >= 0.6 is 0 Å². The Hall–Kier alpha value is -2.89. The van der Waals surface area contributed by atoms with E-state index in [1.807, 2.05) is 31.2 Å². The summed E-state index contributed by atoms with van der Waals surface area (Å²) in [5, 5.41) is 14.0. The third-order valence-corrected chi connectivity index (χ3v) is 4.65. The van der Waals surface area contributed by atoms with Gasteiger partial charge < -0.3 is 10.2 Å². The van der Waals surface area contributed by atoms with Crippen molar-refractivity contribution in [2.75, 3.05) is 11.9 Å². The number of carbonyl (C=O) groups excluding carboxylic acids is 1. The van der Waals surface area contributed by atoms with Gasteiger partial charge in [-0.25, -0.2) is 4.79 Å². The average molecular weight is 339 g/mol. The summed E-state index contributed by atoms with van der Waals surface area (Å²) in [6.07, 6.45) is 1.82. The number of nitro benzene ring substituents is 1. The normalized spacial score (nSPS) is 16.7. The fourth-order valence-corrected chi connectivity index (χ4v) is 3.38. The number of nitrogens with one attached hydrogen (secondary N) is 1. The molecule has 0 aliphatic carbocycles. The molecule has 2 aromatic carbocycles. The van der Waals surface area contributed by atoms with Crippen LogP contribution in [0.1, 0.15) is 35.6 Å². The molecule has 6 nitrogen and oxygen atoms in total. The van der Waals surface area contributed by atoms with E-state index >= 15 is 0 Å². The molecule has 1 saturated heterocycles. The molecule has 2 aromatic rings. The number of anilines is 1. The molecule has 0 radical (unpaired) electrons. The van der Waals surface area contributed by atoms with Crippen LogP contribution in [0.2, 0.25) is 0 Å². The first-order valence-electron chi connectivity index (χ1n) is 8.35. The van der Waals surface area contributed by atoms with Crippen LogP contribution < -0.4 is 5.32 Å². The smallest absolute Gasteiger partial charge is 0.317 e. The number of hydrogen-bond donors (Lipinski definition) is 1. The van der Waals surface area contributed by atoms with Crippen molar-refractivity contribution in [3.05, 3.63) is 69.3 Å². The standard InChI is InChI=1S/C19H21N3O3/c1-13-9-10-16(18(12-13)22(24)25)20-19(23)21-11-5-8-17(21)15-7-4-3-6-14(15)2/h3-4,6-7,9-10,12,17H,5,8,11H2,1-2H3,(H,20,23)/t17-/m1/s1. The second kappa shape index (κ2) is 6.93. The minimum atomic E-state index is -0.467. The van der Waals surface area contributed by atoms with Gasteiger partial charge in [-0.1, -0.05) is 30.3 Å². The number of nitrogens with zero attached hydrogens (tertiary/aromatic N) is 2. The summed E-state index contributed by atoms with van der Waals surface area (Å²) >= 11 is 0. The van der Waals surface area contributed by atoms with Crippen LogP contribution in [0, 0.1) is 24.0 Å². The van der Waals surface area contributed by atoms with E-state index in [1.54, 1.807) is 24.0 Å². The predicted octanol–water partition coefficient (Wildman–Crippen LogP) is 4.58.